The van der Waals surface area contributed by atoms with Crippen molar-refractivity contribution in [2.45, 2.75) is 13.3 Å². The number of carbonyl (C=O) groups excluding carboxylic acids is 1. The molecule has 0 aliphatic carbocycles. The Morgan fingerprint density at radius 3 is 2.69 bits per heavy atom. The molecule has 1 aromatic carbocycles. The monoisotopic (exact) mass is 217 g/mol. The van der Waals surface area contributed by atoms with E-state index in [0.29, 0.717) is 17.9 Å². The second-order valence-corrected chi connectivity index (χ2v) is 3.90. The van der Waals surface area contributed by atoms with E-state index in [1.54, 1.807) is 0 Å². The lowest BCUT2D eigenvalue weighted by molar-refractivity contribution is -0.130. The van der Waals surface area contributed by atoms with Crippen LogP contribution in [0.4, 0.5) is 0 Å². The molecule has 1 aliphatic rings. The molecule has 0 bridgehead atoms. The number of benzene rings is 1. The second kappa shape index (κ2) is 4.94. The largest absolute Gasteiger partial charge is 0.423 e. The molecule has 0 amide bonds. The summed E-state index contributed by atoms with van der Waals surface area (Å²) in [5.74, 6) is 0.345. The van der Waals surface area contributed by atoms with E-state index in [2.05, 4.69) is 5.32 Å². The average molecular weight is 217 g/mol. The summed E-state index contributed by atoms with van der Waals surface area (Å²) in [6.07, 6.45) is 2.82. The van der Waals surface area contributed by atoms with Crippen molar-refractivity contribution < 1.29 is 9.53 Å². The Kier molecular flexibility index (Phi) is 3.37. The maximum atomic E-state index is 11.7. The molecule has 0 spiro atoms. The summed E-state index contributed by atoms with van der Waals surface area (Å²) in [4.78, 5) is 11.7. The Morgan fingerprint density at radius 2 is 2.06 bits per heavy atom. The molecule has 1 aromatic rings. The van der Waals surface area contributed by atoms with Gasteiger partial charge in [-0.1, -0.05) is 23.8 Å². The van der Waals surface area contributed by atoms with E-state index >= 15 is 0 Å². The van der Waals surface area contributed by atoms with Gasteiger partial charge in [0.1, 0.15) is 5.75 Å². The molecule has 0 radical (unpaired) electrons. The van der Waals surface area contributed by atoms with Crippen molar-refractivity contribution in [2.24, 2.45) is 0 Å². The van der Waals surface area contributed by atoms with Crippen LogP contribution in [-0.4, -0.2) is 19.1 Å². The van der Waals surface area contributed by atoms with Crippen LogP contribution in [0, 0.1) is 6.92 Å². The van der Waals surface area contributed by atoms with Crippen LogP contribution in [0.1, 0.15) is 12.0 Å². The first-order valence-electron chi connectivity index (χ1n) is 5.44. The topological polar surface area (TPSA) is 38.3 Å². The molecule has 16 heavy (non-hydrogen) atoms. The molecular formula is C13H15NO2. The van der Waals surface area contributed by atoms with E-state index in [-0.39, 0.29) is 5.97 Å². The van der Waals surface area contributed by atoms with Crippen LogP contribution in [-0.2, 0) is 4.79 Å². The molecule has 84 valence electrons. The highest BCUT2D eigenvalue weighted by atomic mass is 16.5. The molecule has 3 heteroatoms. The zero-order chi connectivity index (χ0) is 11.4. The van der Waals surface area contributed by atoms with Crippen molar-refractivity contribution in [2.75, 3.05) is 13.1 Å². The number of esters is 1. The smallest absolute Gasteiger partial charge is 0.340 e. The highest BCUT2D eigenvalue weighted by Crippen LogP contribution is 2.14. The van der Waals surface area contributed by atoms with E-state index < -0.39 is 0 Å². The van der Waals surface area contributed by atoms with Crippen LogP contribution >= 0.6 is 0 Å². The van der Waals surface area contributed by atoms with Gasteiger partial charge in [-0.2, -0.15) is 0 Å². The van der Waals surface area contributed by atoms with Crippen molar-refractivity contribution in [3.8, 4) is 5.75 Å². The predicted octanol–water partition coefficient (Wildman–Crippen LogP) is 1.82. The quantitative estimate of drug-likeness (QED) is 0.606. The third-order valence-electron chi connectivity index (χ3n) is 2.52. The van der Waals surface area contributed by atoms with E-state index in [4.69, 9.17) is 4.74 Å². The Balaban J connectivity index is 2.01. The molecule has 0 saturated carbocycles. The summed E-state index contributed by atoms with van der Waals surface area (Å²) in [6.45, 7) is 3.53. The van der Waals surface area contributed by atoms with Crippen molar-refractivity contribution in [3.63, 3.8) is 0 Å². The number of carbonyl (C=O) groups is 1. The SMILES string of the molecule is Cc1ccc(OC(=O)C2=CCCNC2)cc1. The maximum absolute atomic E-state index is 11.7. The van der Waals surface area contributed by atoms with Gasteiger partial charge in [-0.25, -0.2) is 4.79 Å². The molecule has 2 rings (SSSR count). The van der Waals surface area contributed by atoms with Crippen LogP contribution < -0.4 is 10.1 Å². The lowest BCUT2D eigenvalue weighted by atomic mass is 10.1. The van der Waals surface area contributed by atoms with Gasteiger partial charge in [-0.05, 0) is 32.0 Å². The molecule has 0 saturated heterocycles. The van der Waals surface area contributed by atoms with Gasteiger partial charge >= 0.3 is 5.97 Å². The fraction of sp³-hybridized carbons (Fsp3) is 0.308. The summed E-state index contributed by atoms with van der Waals surface area (Å²) in [5, 5.41) is 3.14. The number of ether oxygens (including phenoxy) is 1. The van der Waals surface area contributed by atoms with Gasteiger partial charge in [0.25, 0.3) is 0 Å². The molecule has 1 N–H and O–H groups in total. The van der Waals surface area contributed by atoms with Gasteiger partial charge < -0.3 is 10.1 Å². The van der Waals surface area contributed by atoms with Crippen LogP contribution in [0.5, 0.6) is 5.75 Å². The van der Waals surface area contributed by atoms with Gasteiger partial charge in [-0.3, -0.25) is 0 Å². The number of hydrogen-bond donors (Lipinski definition) is 1. The minimum Gasteiger partial charge on any atom is -0.423 e. The highest BCUT2D eigenvalue weighted by Gasteiger charge is 2.13. The first-order valence-corrected chi connectivity index (χ1v) is 5.44. The molecule has 0 aromatic heterocycles. The van der Waals surface area contributed by atoms with Gasteiger partial charge in [-0.15, -0.1) is 0 Å². The normalized spacial score (nSPS) is 15.4. The van der Waals surface area contributed by atoms with Crippen LogP contribution in [0.15, 0.2) is 35.9 Å². The first-order chi connectivity index (χ1) is 7.75. The Morgan fingerprint density at radius 1 is 1.31 bits per heavy atom. The second-order valence-electron chi connectivity index (χ2n) is 3.90. The molecule has 1 heterocycles. The first kappa shape index (κ1) is 10.9. The third-order valence-corrected chi connectivity index (χ3v) is 2.52. The predicted molar refractivity (Wildman–Crippen MR) is 62.4 cm³/mol. The lowest BCUT2D eigenvalue weighted by Gasteiger charge is -2.13. The van der Waals surface area contributed by atoms with Crippen molar-refractivity contribution in [1.29, 1.82) is 0 Å². The molecule has 0 unspecified atom stereocenters. The number of hydrogen-bond acceptors (Lipinski definition) is 3. The Bertz CT molecular complexity index is 406. The van der Waals surface area contributed by atoms with E-state index in [1.807, 2.05) is 37.3 Å². The molecule has 3 nitrogen and oxygen atoms in total. The lowest BCUT2D eigenvalue weighted by Crippen LogP contribution is -2.28. The van der Waals surface area contributed by atoms with Crippen LogP contribution in [0.2, 0.25) is 0 Å². The fourth-order valence-corrected chi connectivity index (χ4v) is 1.58. The van der Waals surface area contributed by atoms with Gasteiger partial charge in [0.05, 0.1) is 0 Å². The summed E-state index contributed by atoms with van der Waals surface area (Å²) in [7, 11) is 0. The zero-order valence-electron chi connectivity index (χ0n) is 9.32. The number of rotatable bonds is 2. The van der Waals surface area contributed by atoms with E-state index in [9.17, 15) is 4.79 Å². The zero-order valence-corrected chi connectivity index (χ0v) is 9.32. The van der Waals surface area contributed by atoms with E-state index in [1.165, 1.54) is 0 Å². The molecule has 0 fully saturated rings. The third kappa shape index (κ3) is 2.70. The summed E-state index contributed by atoms with van der Waals surface area (Å²) < 4.78 is 5.26. The number of aryl methyl sites for hydroxylation is 1. The summed E-state index contributed by atoms with van der Waals surface area (Å²) in [5.41, 5.74) is 1.87. The number of nitrogens with one attached hydrogen (secondary N) is 1. The van der Waals surface area contributed by atoms with E-state index in [0.717, 1.165) is 18.5 Å². The van der Waals surface area contributed by atoms with Gasteiger partial charge in [0.15, 0.2) is 0 Å². The van der Waals surface area contributed by atoms with Crippen molar-refractivity contribution in [1.82, 2.24) is 5.32 Å². The fourth-order valence-electron chi connectivity index (χ4n) is 1.58. The molecule has 0 atom stereocenters. The van der Waals surface area contributed by atoms with Crippen molar-refractivity contribution >= 4 is 5.97 Å². The van der Waals surface area contributed by atoms with Crippen LogP contribution in [0.25, 0.3) is 0 Å². The average Bonchev–Trinajstić information content (AvgIpc) is 2.33. The van der Waals surface area contributed by atoms with Gasteiger partial charge in [0.2, 0.25) is 0 Å². The van der Waals surface area contributed by atoms with Crippen LogP contribution in [0.3, 0.4) is 0 Å². The maximum Gasteiger partial charge on any atom is 0.340 e. The standard InChI is InChI=1S/C13H15NO2/c1-10-4-6-12(7-5-10)16-13(15)11-3-2-8-14-9-11/h3-7,14H,2,8-9H2,1H3. The Hall–Kier alpha value is -1.61. The minimum atomic E-state index is -0.254. The molecular weight excluding hydrogens is 202 g/mol. The van der Waals surface area contributed by atoms with Crippen molar-refractivity contribution in [3.05, 3.63) is 41.5 Å². The van der Waals surface area contributed by atoms with Gasteiger partial charge in [0, 0.05) is 12.1 Å². The molecule has 1 aliphatic heterocycles. The minimum absolute atomic E-state index is 0.254. The summed E-state index contributed by atoms with van der Waals surface area (Å²) in [6, 6.07) is 7.47. The Labute approximate surface area is 95.1 Å². The summed E-state index contributed by atoms with van der Waals surface area (Å²) >= 11 is 0. The highest BCUT2D eigenvalue weighted by molar-refractivity contribution is 5.90.